The number of hydrogen-bond donors (Lipinski definition) is 2. The van der Waals surface area contributed by atoms with Crippen LogP contribution in [-0.2, 0) is 11.2 Å². The Bertz CT molecular complexity index is 934. The van der Waals surface area contributed by atoms with Crippen molar-refractivity contribution in [1.82, 2.24) is 9.97 Å². The quantitative estimate of drug-likeness (QED) is 0.689. The SMILES string of the molecule is COc1cccnc1NC(=O)Cc1csc(NC(=O)c2ccoc2C)n1. The number of methoxy groups -OCH3 is 1. The van der Waals surface area contributed by atoms with Crippen molar-refractivity contribution < 1.29 is 18.7 Å². The highest BCUT2D eigenvalue weighted by Crippen LogP contribution is 2.21. The Morgan fingerprint density at radius 3 is 2.88 bits per heavy atom. The molecule has 0 bridgehead atoms. The van der Waals surface area contributed by atoms with Gasteiger partial charge in [0.1, 0.15) is 5.76 Å². The molecule has 3 heterocycles. The maximum Gasteiger partial charge on any atom is 0.260 e. The molecule has 0 aliphatic heterocycles. The van der Waals surface area contributed by atoms with Crippen LogP contribution in [0.2, 0.25) is 0 Å². The number of anilines is 2. The van der Waals surface area contributed by atoms with Crippen LogP contribution in [0.15, 0.2) is 40.5 Å². The van der Waals surface area contributed by atoms with Crippen LogP contribution in [0.1, 0.15) is 21.8 Å². The van der Waals surface area contributed by atoms with E-state index < -0.39 is 0 Å². The summed E-state index contributed by atoms with van der Waals surface area (Å²) in [7, 11) is 1.50. The number of ether oxygens (including phenoxy) is 1. The number of pyridine rings is 1. The molecule has 0 spiro atoms. The molecule has 0 saturated carbocycles. The standard InChI is InChI=1S/C17H16N4O4S/c1-10-12(5-7-25-10)16(23)21-17-19-11(9-26-17)8-14(22)20-15-13(24-2)4-3-6-18-15/h3-7,9H,8H2,1-2H3,(H,18,20,22)(H,19,21,23). The van der Waals surface area contributed by atoms with E-state index in [9.17, 15) is 9.59 Å². The van der Waals surface area contributed by atoms with Gasteiger partial charge in [-0.3, -0.25) is 14.9 Å². The molecule has 0 saturated heterocycles. The van der Waals surface area contributed by atoms with Gasteiger partial charge in [-0.05, 0) is 25.1 Å². The molecule has 0 fully saturated rings. The molecule has 9 heteroatoms. The highest BCUT2D eigenvalue weighted by atomic mass is 32.1. The maximum absolute atomic E-state index is 12.2. The normalized spacial score (nSPS) is 10.4. The summed E-state index contributed by atoms with van der Waals surface area (Å²) in [5.41, 5.74) is 0.989. The summed E-state index contributed by atoms with van der Waals surface area (Å²) >= 11 is 1.24. The van der Waals surface area contributed by atoms with Gasteiger partial charge in [0.05, 0.1) is 31.1 Å². The molecule has 0 aliphatic carbocycles. The predicted molar refractivity (Wildman–Crippen MR) is 96.6 cm³/mol. The number of carbonyl (C=O) groups is 2. The van der Waals surface area contributed by atoms with Gasteiger partial charge in [-0.1, -0.05) is 0 Å². The van der Waals surface area contributed by atoms with E-state index in [1.807, 2.05) is 0 Å². The number of thiazole rings is 1. The van der Waals surface area contributed by atoms with Crippen LogP contribution in [0.25, 0.3) is 0 Å². The average Bonchev–Trinajstić information content (AvgIpc) is 3.24. The number of rotatable bonds is 6. The number of furan rings is 1. The summed E-state index contributed by atoms with van der Waals surface area (Å²) in [4.78, 5) is 32.6. The van der Waals surface area contributed by atoms with Crippen molar-refractivity contribution in [2.75, 3.05) is 17.7 Å². The smallest absolute Gasteiger partial charge is 0.260 e. The largest absolute Gasteiger partial charge is 0.493 e. The number of carbonyl (C=O) groups excluding carboxylic acids is 2. The first-order chi connectivity index (χ1) is 12.6. The fourth-order valence-corrected chi connectivity index (χ4v) is 2.93. The van der Waals surface area contributed by atoms with Crippen LogP contribution in [0.4, 0.5) is 10.9 Å². The molecule has 3 aromatic heterocycles. The number of aryl methyl sites for hydroxylation is 1. The van der Waals surface area contributed by atoms with Crippen molar-refractivity contribution in [1.29, 1.82) is 0 Å². The lowest BCUT2D eigenvalue weighted by Crippen LogP contribution is -2.16. The van der Waals surface area contributed by atoms with E-state index in [1.165, 1.54) is 24.7 Å². The minimum atomic E-state index is -0.306. The van der Waals surface area contributed by atoms with Gasteiger partial charge in [0.15, 0.2) is 16.7 Å². The van der Waals surface area contributed by atoms with Gasteiger partial charge in [0, 0.05) is 11.6 Å². The molecule has 134 valence electrons. The van der Waals surface area contributed by atoms with Crippen molar-refractivity contribution in [2.24, 2.45) is 0 Å². The zero-order valence-corrected chi connectivity index (χ0v) is 14.9. The van der Waals surface area contributed by atoms with Crippen LogP contribution < -0.4 is 15.4 Å². The Morgan fingerprint density at radius 2 is 2.15 bits per heavy atom. The zero-order chi connectivity index (χ0) is 18.5. The van der Waals surface area contributed by atoms with E-state index in [-0.39, 0.29) is 18.2 Å². The van der Waals surface area contributed by atoms with Crippen LogP contribution in [0.3, 0.4) is 0 Å². The highest BCUT2D eigenvalue weighted by molar-refractivity contribution is 7.14. The van der Waals surface area contributed by atoms with Gasteiger partial charge in [-0.25, -0.2) is 9.97 Å². The number of hydrogen-bond acceptors (Lipinski definition) is 7. The van der Waals surface area contributed by atoms with E-state index in [4.69, 9.17) is 9.15 Å². The molecule has 0 atom stereocenters. The highest BCUT2D eigenvalue weighted by Gasteiger charge is 2.15. The van der Waals surface area contributed by atoms with Gasteiger partial charge in [0.2, 0.25) is 5.91 Å². The molecule has 8 nitrogen and oxygen atoms in total. The van der Waals surface area contributed by atoms with Gasteiger partial charge in [-0.15, -0.1) is 11.3 Å². The first-order valence-corrected chi connectivity index (χ1v) is 8.53. The minimum absolute atomic E-state index is 0.0524. The van der Waals surface area contributed by atoms with E-state index in [0.29, 0.717) is 33.7 Å². The third-order valence-corrected chi connectivity index (χ3v) is 4.27. The number of aromatic nitrogens is 2. The molecule has 2 N–H and O–H groups in total. The molecule has 0 radical (unpaired) electrons. The van der Waals surface area contributed by atoms with E-state index in [1.54, 1.807) is 36.7 Å². The lowest BCUT2D eigenvalue weighted by Gasteiger charge is -2.07. The molecular formula is C17H16N4O4S. The topological polar surface area (TPSA) is 106 Å². The molecule has 3 aromatic rings. The lowest BCUT2D eigenvalue weighted by molar-refractivity contribution is -0.115. The number of nitrogens with one attached hydrogen (secondary N) is 2. The Kier molecular flexibility index (Phi) is 5.28. The Morgan fingerprint density at radius 1 is 1.31 bits per heavy atom. The fraction of sp³-hybridized carbons (Fsp3) is 0.176. The van der Waals surface area contributed by atoms with Gasteiger partial charge >= 0.3 is 0 Å². The Hall–Kier alpha value is -3.20. The molecular weight excluding hydrogens is 356 g/mol. The second-order valence-electron chi connectivity index (χ2n) is 5.27. The summed E-state index contributed by atoms with van der Waals surface area (Å²) in [6, 6.07) is 5.01. The molecule has 3 rings (SSSR count). The Labute approximate surface area is 153 Å². The fourth-order valence-electron chi connectivity index (χ4n) is 2.22. The summed E-state index contributed by atoms with van der Waals surface area (Å²) in [6.45, 7) is 1.71. The van der Waals surface area contributed by atoms with E-state index >= 15 is 0 Å². The average molecular weight is 372 g/mol. The summed E-state index contributed by atoms with van der Waals surface area (Å²) < 4.78 is 10.3. The van der Waals surface area contributed by atoms with Crippen LogP contribution in [0.5, 0.6) is 5.75 Å². The van der Waals surface area contributed by atoms with Crippen LogP contribution >= 0.6 is 11.3 Å². The van der Waals surface area contributed by atoms with Crippen molar-refractivity contribution in [3.05, 3.63) is 53.1 Å². The monoisotopic (exact) mass is 372 g/mol. The van der Waals surface area contributed by atoms with Crippen molar-refractivity contribution >= 4 is 34.1 Å². The summed E-state index contributed by atoms with van der Waals surface area (Å²) in [6.07, 6.45) is 3.07. The van der Waals surface area contributed by atoms with Crippen molar-refractivity contribution in [2.45, 2.75) is 13.3 Å². The number of nitrogens with zero attached hydrogens (tertiary/aromatic N) is 2. The summed E-state index contributed by atoms with van der Waals surface area (Å²) in [5, 5.41) is 7.50. The second kappa shape index (κ2) is 7.79. The maximum atomic E-state index is 12.2. The van der Waals surface area contributed by atoms with Crippen LogP contribution in [-0.4, -0.2) is 28.9 Å². The Balaban J connectivity index is 1.60. The van der Waals surface area contributed by atoms with Crippen molar-refractivity contribution in [3.8, 4) is 5.75 Å². The number of amides is 2. The van der Waals surface area contributed by atoms with E-state index in [0.717, 1.165) is 0 Å². The molecule has 0 unspecified atom stereocenters. The second-order valence-corrected chi connectivity index (χ2v) is 6.13. The van der Waals surface area contributed by atoms with Gasteiger partial charge in [-0.2, -0.15) is 0 Å². The molecule has 0 aromatic carbocycles. The predicted octanol–water partition coefficient (Wildman–Crippen LogP) is 2.88. The van der Waals surface area contributed by atoms with E-state index in [2.05, 4.69) is 20.6 Å². The lowest BCUT2D eigenvalue weighted by atomic mass is 10.2. The van der Waals surface area contributed by atoms with Crippen LogP contribution in [0, 0.1) is 6.92 Å². The van der Waals surface area contributed by atoms with Crippen molar-refractivity contribution in [3.63, 3.8) is 0 Å². The van der Waals surface area contributed by atoms with Gasteiger partial charge in [0.25, 0.3) is 5.91 Å². The molecule has 26 heavy (non-hydrogen) atoms. The minimum Gasteiger partial charge on any atom is -0.493 e. The third kappa shape index (κ3) is 4.06. The zero-order valence-electron chi connectivity index (χ0n) is 14.1. The third-order valence-electron chi connectivity index (χ3n) is 3.47. The molecule has 2 amide bonds. The first kappa shape index (κ1) is 17.6. The van der Waals surface area contributed by atoms with Gasteiger partial charge < -0.3 is 14.5 Å². The molecule has 0 aliphatic rings. The first-order valence-electron chi connectivity index (χ1n) is 7.65. The summed E-state index contributed by atoms with van der Waals surface area (Å²) in [5.74, 6) is 0.764.